The minimum absolute atomic E-state index is 0.0366. The molecule has 2 heterocycles. The zero-order chi connectivity index (χ0) is 19.6. The van der Waals surface area contributed by atoms with Gasteiger partial charge >= 0.3 is 0 Å². The molecule has 0 radical (unpaired) electrons. The number of rotatable bonds is 9. The van der Waals surface area contributed by atoms with E-state index >= 15 is 0 Å². The molecule has 1 unspecified atom stereocenters. The predicted molar refractivity (Wildman–Crippen MR) is 114 cm³/mol. The first-order chi connectivity index (χ1) is 13.7. The van der Waals surface area contributed by atoms with Crippen LogP contribution in [0.5, 0.6) is 0 Å². The molecule has 0 aliphatic carbocycles. The van der Waals surface area contributed by atoms with Crippen LogP contribution in [0.15, 0.2) is 77.8 Å². The molecule has 28 heavy (non-hydrogen) atoms. The molecule has 5 nitrogen and oxygen atoms in total. The summed E-state index contributed by atoms with van der Waals surface area (Å²) < 4.78 is 0.916. The minimum atomic E-state index is -0.425. The number of nitrogens with one attached hydrogen (secondary N) is 2. The number of amides is 1. The Morgan fingerprint density at radius 3 is 2.43 bits per heavy atom. The van der Waals surface area contributed by atoms with Gasteiger partial charge in [0.15, 0.2) is 0 Å². The van der Waals surface area contributed by atoms with Crippen molar-refractivity contribution in [1.29, 1.82) is 0 Å². The van der Waals surface area contributed by atoms with Crippen LogP contribution in [-0.4, -0.2) is 29.0 Å². The standard InChI is InChI=1S/C22H23BrN4O/c23-20-6-2-1-5-19(20)21(26-14-9-17-7-12-24-13-8-17)22(28)27-15-10-18-4-3-11-25-16-18/h1-8,11-13,16,21,26H,9-10,14-15H2,(H,27,28). The normalized spacial score (nSPS) is 11.8. The minimum Gasteiger partial charge on any atom is -0.354 e. The second kappa shape index (κ2) is 10.7. The molecular formula is C22H23BrN4O. The maximum atomic E-state index is 12.9. The molecule has 2 N–H and O–H groups in total. The van der Waals surface area contributed by atoms with Crippen LogP contribution in [-0.2, 0) is 17.6 Å². The molecule has 1 amide bonds. The van der Waals surface area contributed by atoms with E-state index in [-0.39, 0.29) is 5.91 Å². The van der Waals surface area contributed by atoms with Crippen molar-refractivity contribution >= 4 is 21.8 Å². The predicted octanol–water partition coefficient (Wildman–Crippen LogP) is 3.47. The summed E-state index contributed by atoms with van der Waals surface area (Å²) in [6.45, 7) is 1.25. The number of nitrogens with zero attached hydrogens (tertiary/aromatic N) is 2. The van der Waals surface area contributed by atoms with E-state index in [1.165, 1.54) is 5.56 Å². The second-order valence-corrected chi connectivity index (χ2v) is 7.27. The highest BCUT2D eigenvalue weighted by molar-refractivity contribution is 9.10. The maximum absolute atomic E-state index is 12.9. The van der Waals surface area contributed by atoms with Crippen LogP contribution < -0.4 is 10.6 Å². The van der Waals surface area contributed by atoms with Gasteiger partial charge in [-0.3, -0.25) is 14.8 Å². The molecule has 6 heteroatoms. The zero-order valence-electron chi connectivity index (χ0n) is 15.5. The number of carbonyl (C=O) groups is 1. The van der Waals surface area contributed by atoms with E-state index in [0.29, 0.717) is 13.1 Å². The first kappa shape index (κ1) is 20.2. The fourth-order valence-corrected chi connectivity index (χ4v) is 3.46. The second-order valence-electron chi connectivity index (χ2n) is 6.42. The van der Waals surface area contributed by atoms with E-state index in [9.17, 15) is 4.79 Å². The number of halogens is 1. The average Bonchev–Trinajstić information content (AvgIpc) is 2.73. The Morgan fingerprint density at radius 2 is 1.68 bits per heavy atom. The van der Waals surface area contributed by atoms with Crippen LogP contribution in [0.25, 0.3) is 0 Å². The van der Waals surface area contributed by atoms with Crippen LogP contribution in [0.2, 0.25) is 0 Å². The maximum Gasteiger partial charge on any atom is 0.241 e. The van der Waals surface area contributed by atoms with Crippen molar-refractivity contribution < 1.29 is 4.79 Å². The highest BCUT2D eigenvalue weighted by Crippen LogP contribution is 2.23. The number of pyridine rings is 2. The molecule has 1 atom stereocenters. The van der Waals surface area contributed by atoms with Gasteiger partial charge in [0, 0.05) is 42.3 Å². The Morgan fingerprint density at radius 1 is 0.893 bits per heavy atom. The Bertz CT molecular complexity index is 874. The van der Waals surface area contributed by atoms with Crippen molar-refractivity contribution in [3.8, 4) is 0 Å². The summed E-state index contributed by atoms with van der Waals surface area (Å²) in [6.07, 6.45) is 8.71. The molecule has 0 fully saturated rings. The third kappa shape index (κ3) is 5.97. The third-order valence-corrected chi connectivity index (χ3v) is 5.15. The van der Waals surface area contributed by atoms with Gasteiger partial charge in [-0.1, -0.05) is 40.2 Å². The van der Waals surface area contributed by atoms with E-state index < -0.39 is 6.04 Å². The number of aromatic nitrogens is 2. The number of carbonyl (C=O) groups excluding carboxylic acids is 1. The summed E-state index contributed by atoms with van der Waals surface area (Å²) in [5.74, 6) is -0.0366. The van der Waals surface area contributed by atoms with E-state index in [0.717, 1.165) is 28.4 Å². The van der Waals surface area contributed by atoms with E-state index in [1.54, 1.807) is 18.6 Å². The summed E-state index contributed by atoms with van der Waals surface area (Å²) in [4.78, 5) is 21.1. The molecule has 0 aliphatic heterocycles. The van der Waals surface area contributed by atoms with Crippen molar-refractivity contribution in [1.82, 2.24) is 20.6 Å². The van der Waals surface area contributed by atoms with Gasteiger partial charge in [-0.15, -0.1) is 0 Å². The van der Waals surface area contributed by atoms with Gasteiger partial charge < -0.3 is 10.6 Å². The zero-order valence-corrected chi connectivity index (χ0v) is 17.1. The van der Waals surface area contributed by atoms with Crippen LogP contribution in [0.3, 0.4) is 0 Å². The van der Waals surface area contributed by atoms with Crippen LogP contribution >= 0.6 is 15.9 Å². The van der Waals surface area contributed by atoms with Crippen LogP contribution in [0.1, 0.15) is 22.7 Å². The molecule has 144 valence electrons. The molecule has 0 spiro atoms. The molecule has 0 saturated heterocycles. The Hall–Kier alpha value is -2.57. The van der Waals surface area contributed by atoms with Gasteiger partial charge in [0.2, 0.25) is 5.91 Å². The first-order valence-electron chi connectivity index (χ1n) is 9.27. The van der Waals surface area contributed by atoms with Crippen LogP contribution in [0.4, 0.5) is 0 Å². The molecular weight excluding hydrogens is 416 g/mol. The SMILES string of the molecule is O=C(NCCc1cccnc1)C(NCCc1ccncc1)c1ccccc1Br. The van der Waals surface area contributed by atoms with Gasteiger partial charge in [0.1, 0.15) is 6.04 Å². The number of hydrogen-bond acceptors (Lipinski definition) is 4. The summed E-state index contributed by atoms with van der Waals surface area (Å²) in [5, 5.41) is 6.44. The van der Waals surface area contributed by atoms with Gasteiger partial charge in [-0.25, -0.2) is 0 Å². The monoisotopic (exact) mass is 438 g/mol. The lowest BCUT2D eigenvalue weighted by Gasteiger charge is -2.20. The number of hydrogen-bond donors (Lipinski definition) is 2. The molecule has 3 rings (SSSR count). The summed E-state index contributed by atoms with van der Waals surface area (Å²) in [7, 11) is 0. The molecule has 2 aromatic heterocycles. The fraction of sp³-hybridized carbons (Fsp3) is 0.227. The van der Waals surface area contributed by atoms with Crippen molar-refractivity contribution in [2.45, 2.75) is 18.9 Å². The lowest BCUT2D eigenvalue weighted by Crippen LogP contribution is -2.39. The molecule has 0 bridgehead atoms. The van der Waals surface area contributed by atoms with E-state index in [4.69, 9.17) is 0 Å². The van der Waals surface area contributed by atoms with E-state index in [2.05, 4.69) is 36.5 Å². The number of benzene rings is 1. The highest BCUT2D eigenvalue weighted by atomic mass is 79.9. The van der Waals surface area contributed by atoms with Crippen molar-refractivity contribution in [3.63, 3.8) is 0 Å². The van der Waals surface area contributed by atoms with Crippen molar-refractivity contribution in [2.75, 3.05) is 13.1 Å². The quantitative estimate of drug-likeness (QED) is 0.536. The topological polar surface area (TPSA) is 66.9 Å². The Balaban J connectivity index is 1.61. The van der Waals surface area contributed by atoms with Gasteiger partial charge in [0.05, 0.1) is 0 Å². The smallest absolute Gasteiger partial charge is 0.241 e. The largest absolute Gasteiger partial charge is 0.354 e. The summed E-state index contributed by atoms with van der Waals surface area (Å²) in [6, 6.07) is 15.3. The molecule has 1 aromatic carbocycles. The average molecular weight is 439 g/mol. The van der Waals surface area contributed by atoms with Gasteiger partial charge in [-0.2, -0.15) is 0 Å². The van der Waals surface area contributed by atoms with Crippen molar-refractivity contribution in [3.05, 3.63) is 94.5 Å². The fourth-order valence-electron chi connectivity index (χ4n) is 2.94. The van der Waals surface area contributed by atoms with Gasteiger partial charge in [-0.05, 0) is 53.8 Å². The highest BCUT2D eigenvalue weighted by Gasteiger charge is 2.21. The van der Waals surface area contributed by atoms with E-state index in [1.807, 2.05) is 54.7 Å². The molecule has 0 aliphatic rings. The Labute approximate surface area is 173 Å². The van der Waals surface area contributed by atoms with Gasteiger partial charge in [0.25, 0.3) is 0 Å². The molecule has 0 saturated carbocycles. The molecule has 3 aromatic rings. The summed E-state index contributed by atoms with van der Waals surface area (Å²) in [5.41, 5.74) is 3.22. The lowest BCUT2D eigenvalue weighted by molar-refractivity contribution is -0.123. The summed E-state index contributed by atoms with van der Waals surface area (Å²) >= 11 is 3.57. The third-order valence-electron chi connectivity index (χ3n) is 4.43. The van der Waals surface area contributed by atoms with Crippen molar-refractivity contribution in [2.24, 2.45) is 0 Å². The lowest BCUT2D eigenvalue weighted by atomic mass is 10.1. The van der Waals surface area contributed by atoms with Crippen LogP contribution in [0, 0.1) is 0 Å². The Kier molecular flexibility index (Phi) is 7.70. The first-order valence-corrected chi connectivity index (χ1v) is 10.1.